The van der Waals surface area contributed by atoms with Crippen LogP contribution in [0.4, 0.5) is 5.82 Å². The van der Waals surface area contributed by atoms with Crippen LogP contribution >= 0.6 is 0 Å². The zero-order chi connectivity index (χ0) is 18.1. The molecule has 1 amide bonds. The van der Waals surface area contributed by atoms with Crippen LogP contribution in [-0.4, -0.2) is 57.2 Å². The summed E-state index contributed by atoms with van der Waals surface area (Å²) < 4.78 is 0. The highest BCUT2D eigenvalue weighted by molar-refractivity contribution is 6.09. The number of aromatic amines is 1. The highest BCUT2D eigenvalue weighted by Gasteiger charge is 2.27. The molecule has 0 aromatic carbocycles. The molecule has 0 aliphatic carbocycles. The van der Waals surface area contributed by atoms with Gasteiger partial charge in [-0.3, -0.25) is 9.89 Å². The number of pyridine rings is 1. The van der Waals surface area contributed by atoms with Crippen molar-refractivity contribution in [3.63, 3.8) is 0 Å². The summed E-state index contributed by atoms with van der Waals surface area (Å²) in [6.45, 7) is 1.58. The Hall–Kier alpha value is -3.21. The average molecular weight is 349 g/mol. The third-order valence-corrected chi connectivity index (χ3v) is 5.06. The van der Waals surface area contributed by atoms with Gasteiger partial charge in [-0.2, -0.15) is 10.4 Å². The fourth-order valence-electron chi connectivity index (χ4n) is 3.66. The SMILES string of the molecule is CN(C(=O)CC#N)C1CCCN(c2[nH]ncc3cnc4nccc4c23)C1. The maximum atomic E-state index is 12.1. The Bertz CT molecular complexity index is 1010. The van der Waals surface area contributed by atoms with Gasteiger partial charge in [0.05, 0.1) is 12.3 Å². The van der Waals surface area contributed by atoms with E-state index in [4.69, 9.17) is 5.26 Å². The summed E-state index contributed by atoms with van der Waals surface area (Å²) in [7, 11) is 1.78. The van der Waals surface area contributed by atoms with Crippen molar-refractivity contribution in [2.24, 2.45) is 0 Å². The van der Waals surface area contributed by atoms with Gasteiger partial charge in [0.25, 0.3) is 0 Å². The Balaban J connectivity index is 1.70. The number of nitrogens with zero attached hydrogens (tertiary/aromatic N) is 6. The van der Waals surface area contributed by atoms with Gasteiger partial charge in [0, 0.05) is 54.7 Å². The average Bonchev–Trinajstić information content (AvgIpc) is 3.16. The molecule has 8 heteroatoms. The maximum absolute atomic E-state index is 12.1. The zero-order valence-electron chi connectivity index (χ0n) is 14.5. The molecule has 1 aliphatic heterocycles. The summed E-state index contributed by atoms with van der Waals surface area (Å²) in [4.78, 5) is 24.7. The summed E-state index contributed by atoms with van der Waals surface area (Å²) in [5.74, 6) is 0.792. The van der Waals surface area contributed by atoms with E-state index in [1.165, 1.54) is 0 Å². The summed E-state index contributed by atoms with van der Waals surface area (Å²) in [6, 6.07) is 3.97. The lowest BCUT2D eigenvalue weighted by Gasteiger charge is -2.38. The van der Waals surface area contributed by atoms with Crippen LogP contribution in [0.2, 0.25) is 0 Å². The first-order valence-corrected chi connectivity index (χ1v) is 8.63. The first kappa shape index (κ1) is 16.3. The normalized spacial score (nSPS) is 17.4. The number of fused-ring (bicyclic) bond motifs is 3. The lowest BCUT2D eigenvalue weighted by Crippen LogP contribution is -2.48. The van der Waals surface area contributed by atoms with Crippen LogP contribution in [0.1, 0.15) is 19.3 Å². The van der Waals surface area contributed by atoms with Crippen molar-refractivity contribution in [2.45, 2.75) is 25.3 Å². The molecule has 3 aromatic heterocycles. The van der Waals surface area contributed by atoms with Crippen LogP contribution in [0.3, 0.4) is 0 Å². The Morgan fingerprint density at radius 3 is 3.19 bits per heavy atom. The number of hydrogen-bond donors (Lipinski definition) is 1. The standard InChI is InChI=1S/C18H19N7O/c1-24(15(26)4-6-19)13-3-2-8-25(11-13)18-16-12(10-22-23-18)9-21-17-14(16)5-7-20-17/h5,7,9-10,13,23H,2-4,8,11H2,1H3. The van der Waals surface area contributed by atoms with Gasteiger partial charge < -0.3 is 9.80 Å². The number of carbonyl (C=O) groups is 1. The van der Waals surface area contributed by atoms with E-state index in [1.54, 1.807) is 30.5 Å². The van der Waals surface area contributed by atoms with Crippen molar-refractivity contribution in [3.05, 3.63) is 24.7 Å². The number of piperidine rings is 1. The van der Waals surface area contributed by atoms with E-state index in [0.29, 0.717) is 12.2 Å². The summed E-state index contributed by atoms with van der Waals surface area (Å²) in [5.41, 5.74) is 0.716. The lowest BCUT2D eigenvalue weighted by molar-refractivity contribution is -0.131. The van der Waals surface area contributed by atoms with E-state index in [2.05, 4.69) is 25.1 Å². The minimum atomic E-state index is -0.133. The first-order valence-electron chi connectivity index (χ1n) is 8.63. The Kier molecular flexibility index (Phi) is 4.13. The number of nitrogens with one attached hydrogen (secondary N) is 1. The molecule has 1 saturated heterocycles. The molecular formula is C18H19N7O. The number of hydrogen-bond acceptors (Lipinski definition) is 6. The molecule has 132 valence electrons. The molecule has 3 aromatic rings. The molecule has 1 N–H and O–H groups in total. The molecule has 0 saturated carbocycles. The van der Waals surface area contributed by atoms with Crippen molar-refractivity contribution in [3.8, 4) is 6.07 Å². The molecule has 26 heavy (non-hydrogen) atoms. The largest absolute Gasteiger partial charge is 0.354 e. The predicted octanol–water partition coefficient (Wildman–Crippen LogP) is 1.85. The summed E-state index contributed by atoms with van der Waals surface area (Å²) >= 11 is 0. The van der Waals surface area contributed by atoms with Gasteiger partial charge in [0.15, 0.2) is 5.65 Å². The van der Waals surface area contributed by atoms with Crippen molar-refractivity contribution in [1.29, 1.82) is 5.26 Å². The molecule has 4 rings (SSSR count). The van der Waals surface area contributed by atoms with Crippen LogP contribution < -0.4 is 4.90 Å². The van der Waals surface area contributed by atoms with E-state index in [9.17, 15) is 4.79 Å². The van der Waals surface area contributed by atoms with Gasteiger partial charge in [-0.15, -0.1) is 0 Å². The van der Waals surface area contributed by atoms with Crippen molar-refractivity contribution in [2.75, 3.05) is 25.0 Å². The number of H-pyrrole nitrogens is 1. The number of nitriles is 1. The first-order chi connectivity index (χ1) is 12.7. The number of amides is 1. The van der Waals surface area contributed by atoms with E-state index >= 15 is 0 Å². The molecule has 0 bridgehead atoms. The third kappa shape index (κ3) is 2.71. The van der Waals surface area contributed by atoms with Gasteiger partial charge in [-0.1, -0.05) is 0 Å². The second kappa shape index (κ2) is 6.59. The van der Waals surface area contributed by atoms with E-state index < -0.39 is 0 Å². The van der Waals surface area contributed by atoms with Gasteiger partial charge in [0.2, 0.25) is 5.91 Å². The van der Waals surface area contributed by atoms with Crippen LogP contribution in [-0.2, 0) is 4.79 Å². The zero-order valence-corrected chi connectivity index (χ0v) is 14.5. The minimum Gasteiger partial charge on any atom is -0.354 e. The Labute approximate surface area is 150 Å². The highest BCUT2D eigenvalue weighted by Crippen LogP contribution is 2.31. The van der Waals surface area contributed by atoms with Crippen molar-refractivity contribution >= 4 is 33.5 Å². The fraction of sp³-hybridized carbons (Fsp3) is 0.389. The number of aromatic nitrogens is 4. The summed E-state index contributed by atoms with van der Waals surface area (Å²) in [5, 5.41) is 19.2. The molecule has 1 atom stereocenters. The van der Waals surface area contributed by atoms with E-state index in [0.717, 1.165) is 41.4 Å². The topological polar surface area (TPSA) is 102 Å². The summed E-state index contributed by atoms with van der Waals surface area (Å²) in [6.07, 6.45) is 7.13. The van der Waals surface area contributed by atoms with E-state index in [-0.39, 0.29) is 18.4 Å². The third-order valence-electron chi connectivity index (χ3n) is 5.06. The van der Waals surface area contributed by atoms with Gasteiger partial charge >= 0.3 is 0 Å². The molecule has 0 spiro atoms. The number of rotatable bonds is 3. The molecular weight excluding hydrogens is 330 g/mol. The molecule has 8 nitrogen and oxygen atoms in total. The molecule has 1 fully saturated rings. The van der Waals surface area contributed by atoms with Gasteiger partial charge in [0.1, 0.15) is 12.2 Å². The highest BCUT2D eigenvalue weighted by atomic mass is 16.2. The molecule has 1 unspecified atom stereocenters. The van der Waals surface area contributed by atoms with E-state index in [1.807, 2.05) is 12.1 Å². The molecule has 1 aliphatic rings. The smallest absolute Gasteiger partial charge is 0.236 e. The quantitative estimate of drug-likeness (QED) is 0.774. The molecule has 4 heterocycles. The van der Waals surface area contributed by atoms with Crippen molar-refractivity contribution in [1.82, 2.24) is 25.1 Å². The fourth-order valence-corrected chi connectivity index (χ4v) is 3.66. The monoisotopic (exact) mass is 349 g/mol. The van der Waals surface area contributed by atoms with Gasteiger partial charge in [-0.25, -0.2) is 9.97 Å². The van der Waals surface area contributed by atoms with Crippen LogP contribution in [0, 0.1) is 11.3 Å². The Morgan fingerprint density at radius 1 is 1.46 bits per heavy atom. The van der Waals surface area contributed by atoms with Crippen LogP contribution in [0.5, 0.6) is 0 Å². The molecule has 0 radical (unpaired) electrons. The van der Waals surface area contributed by atoms with Gasteiger partial charge in [-0.05, 0) is 18.9 Å². The minimum absolute atomic E-state index is 0.0726. The van der Waals surface area contributed by atoms with Crippen molar-refractivity contribution < 1.29 is 4.79 Å². The Morgan fingerprint density at radius 2 is 2.35 bits per heavy atom. The van der Waals surface area contributed by atoms with Crippen LogP contribution in [0.25, 0.3) is 21.8 Å². The second-order valence-corrected chi connectivity index (χ2v) is 6.57. The number of likely N-dealkylation sites (N-methyl/N-ethyl adjacent to an activating group) is 1. The predicted molar refractivity (Wildman–Crippen MR) is 97.4 cm³/mol. The second-order valence-electron chi connectivity index (χ2n) is 6.57. The van der Waals surface area contributed by atoms with Crippen LogP contribution in [0.15, 0.2) is 24.7 Å². The maximum Gasteiger partial charge on any atom is 0.236 e. The lowest BCUT2D eigenvalue weighted by atomic mass is 10.0. The number of carbonyl (C=O) groups excluding carboxylic acids is 1. The number of anilines is 1.